The Labute approximate surface area is 170 Å². The van der Waals surface area contributed by atoms with Crippen LogP contribution in [0.5, 0.6) is 0 Å². The molecule has 1 N–H and O–H groups in total. The summed E-state index contributed by atoms with van der Waals surface area (Å²) in [7, 11) is 1.82. The van der Waals surface area contributed by atoms with Gasteiger partial charge in [0.05, 0.1) is 25.1 Å². The van der Waals surface area contributed by atoms with Gasteiger partial charge in [-0.05, 0) is 30.5 Å². The van der Waals surface area contributed by atoms with Crippen LogP contribution in [0.3, 0.4) is 0 Å². The summed E-state index contributed by atoms with van der Waals surface area (Å²) in [5, 5.41) is 13.6. The molecule has 3 heterocycles. The molecule has 0 fully saturated rings. The van der Waals surface area contributed by atoms with E-state index in [-0.39, 0.29) is 24.1 Å². The van der Waals surface area contributed by atoms with Crippen LogP contribution in [0.1, 0.15) is 11.8 Å². The van der Waals surface area contributed by atoms with E-state index in [9.17, 15) is 9.59 Å². The van der Waals surface area contributed by atoms with Crippen molar-refractivity contribution < 1.29 is 14.0 Å². The Morgan fingerprint density at radius 1 is 1.32 bits per heavy atom. The van der Waals surface area contributed by atoms with E-state index in [2.05, 4.69) is 15.5 Å². The summed E-state index contributed by atoms with van der Waals surface area (Å²) in [4.78, 5) is 27.3. The molecule has 3 rings (SSSR count). The lowest BCUT2D eigenvalue weighted by Gasteiger charge is -2.20. The number of aromatic nitrogens is 3. The van der Waals surface area contributed by atoms with E-state index in [1.807, 2.05) is 31.5 Å². The molecule has 0 saturated heterocycles. The number of thioether (sulfide) groups is 1. The largest absolute Gasteiger partial charge is 0.461 e. The van der Waals surface area contributed by atoms with Crippen molar-refractivity contribution in [2.24, 2.45) is 7.05 Å². The van der Waals surface area contributed by atoms with Crippen molar-refractivity contribution in [2.45, 2.75) is 18.6 Å². The Morgan fingerprint density at radius 2 is 2.18 bits per heavy atom. The zero-order valence-electron chi connectivity index (χ0n) is 15.6. The third-order valence-electron chi connectivity index (χ3n) is 4.01. The molecule has 0 aromatic carbocycles. The molecular formula is C18H21N5O3S2. The first-order valence-corrected chi connectivity index (χ1v) is 10.6. The number of thiophene rings is 1. The minimum absolute atomic E-state index is 0.0394. The smallest absolute Gasteiger partial charge is 0.239 e. The average Bonchev–Trinajstić information content (AvgIpc) is 3.44. The number of carbonyl (C=O) groups excluding carboxylic acids is 2. The van der Waals surface area contributed by atoms with E-state index < -0.39 is 0 Å². The van der Waals surface area contributed by atoms with Crippen molar-refractivity contribution >= 4 is 34.9 Å². The van der Waals surface area contributed by atoms with E-state index in [1.165, 1.54) is 16.7 Å². The van der Waals surface area contributed by atoms with Gasteiger partial charge in [0.15, 0.2) is 16.7 Å². The van der Waals surface area contributed by atoms with Crippen LogP contribution in [0.2, 0.25) is 0 Å². The summed E-state index contributed by atoms with van der Waals surface area (Å²) >= 11 is 2.87. The van der Waals surface area contributed by atoms with Crippen molar-refractivity contribution in [3.05, 3.63) is 40.8 Å². The van der Waals surface area contributed by atoms with E-state index in [0.29, 0.717) is 29.8 Å². The van der Waals surface area contributed by atoms with Crippen LogP contribution in [0.15, 0.2) is 45.5 Å². The van der Waals surface area contributed by atoms with Crippen LogP contribution < -0.4 is 5.32 Å². The zero-order valence-corrected chi connectivity index (χ0v) is 17.3. The third-order valence-corrected chi connectivity index (χ3v) is 5.89. The minimum Gasteiger partial charge on any atom is -0.461 e. The Kier molecular flexibility index (Phi) is 6.88. The van der Waals surface area contributed by atoms with Crippen LogP contribution in [0, 0.1) is 0 Å². The fraction of sp³-hybridized carbons (Fsp3) is 0.333. The molecule has 148 valence electrons. The monoisotopic (exact) mass is 419 g/mol. The number of likely N-dealkylation sites (N-methyl/N-ethyl adjacent to an activating group) is 1. The van der Waals surface area contributed by atoms with Crippen molar-refractivity contribution in [1.82, 2.24) is 25.0 Å². The maximum absolute atomic E-state index is 12.5. The highest BCUT2D eigenvalue weighted by Crippen LogP contribution is 2.23. The number of nitrogens with zero attached hydrogens (tertiary/aromatic N) is 4. The molecular weight excluding hydrogens is 398 g/mol. The second-order valence-corrected chi connectivity index (χ2v) is 7.87. The number of nitrogens with one attached hydrogen (secondary N) is 1. The van der Waals surface area contributed by atoms with Crippen molar-refractivity contribution in [3.63, 3.8) is 0 Å². The predicted octanol–water partition coefficient (Wildman–Crippen LogP) is 2.39. The first-order chi connectivity index (χ1) is 13.6. The van der Waals surface area contributed by atoms with Gasteiger partial charge in [0.25, 0.3) is 0 Å². The molecule has 0 saturated carbocycles. The lowest BCUT2D eigenvalue weighted by molar-refractivity contribution is -0.133. The molecule has 0 aliphatic heterocycles. The van der Waals surface area contributed by atoms with Crippen LogP contribution >= 0.6 is 23.1 Å². The lowest BCUT2D eigenvalue weighted by Crippen LogP contribution is -2.41. The summed E-state index contributed by atoms with van der Waals surface area (Å²) in [6.07, 6.45) is 1.57. The van der Waals surface area contributed by atoms with Gasteiger partial charge in [0, 0.05) is 18.5 Å². The second kappa shape index (κ2) is 9.56. The highest BCUT2D eigenvalue weighted by Gasteiger charge is 2.18. The van der Waals surface area contributed by atoms with Gasteiger partial charge in [0.1, 0.15) is 0 Å². The van der Waals surface area contributed by atoms with Gasteiger partial charge in [-0.15, -0.1) is 21.5 Å². The van der Waals surface area contributed by atoms with Gasteiger partial charge < -0.3 is 19.2 Å². The van der Waals surface area contributed by atoms with Gasteiger partial charge in [0.2, 0.25) is 11.8 Å². The molecule has 3 aromatic heterocycles. The highest BCUT2D eigenvalue weighted by molar-refractivity contribution is 7.99. The number of hydrogen-bond donors (Lipinski definition) is 1. The lowest BCUT2D eigenvalue weighted by atomic mass is 10.4. The van der Waals surface area contributed by atoms with E-state index in [4.69, 9.17) is 4.42 Å². The van der Waals surface area contributed by atoms with Crippen molar-refractivity contribution in [3.8, 4) is 11.6 Å². The highest BCUT2D eigenvalue weighted by atomic mass is 32.2. The molecule has 8 nitrogen and oxygen atoms in total. The number of carbonyl (C=O) groups is 2. The van der Waals surface area contributed by atoms with E-state index >= 15 is 0 Å². The summed E-state index contributed by atoms with van der Waals surface area (Å²) in [5.74, 6) is 1.09. The molecule has 28 heavy (non-hydrogen) atoms. The molecule has 2 amide bonds. The maximum Gasteiger partial charge on any atom is 0.239 e. The predicted molar refractivity (Wildman–Crippen MR) is 108 cm³/mol. The second-order valence-electron chi connectivity index (χ2n) is 5.90. The Hall–Kier alpha value is -2.59. The van der Waals surface area contributed by atoms with Gasteiger partial charge in [-0.25, -0.2) is 0 Å². The van der Waals surface area contributed by atoms with E-state index in [1.54, 1.807) is 34.3 Å². The first-order valence-electron chi connectivity index (χ1n) is 8.71. The van der Waals surface area contributed by atoms with Crippen LogP contribution in [0.25, 0.3) is 11.6 Å². The standard InChI is InChI=1S/C18H21N5O3S2/c1-3-23(11-15(24)19-10-13-6-5-9-27-13)16(25)12-28-18-21-20-17(22(18)2)14-7-4-8-26-14/h4-9H,3,10-12H2,1-2H3,(H,19,24). The Balaban J connectivity index is 1.50. The van der Waals surface area contributed by atoms with Crippen molar-refractivity contribution in [1.29, 1.82) is 0 Å². The molecule has 0 radical (unpaired) electrons. The quantitative estimate of drug-likeness (QED) is 0.536. The SMILES string of the molecule is CCN(CC(=O)NCc1cccs1)C(=O)CSc1nnc(-c2ccco2)n1C. The summed E-state index contributed by atoms with van der Waals surface area (Å²) in [5.41, 5.74) is 0. The fourth-order valence-electron chi connectivity index (χ4n) is 2.48. The molecule has 0 aliphatic carbocycles. The summed E-state index contributed by atoms with van der Waals surface area (Å²) in [6.45, 7) is 2.83. The third kappa shape index (κ3) is 5.02. The maximum atomic E-state index is 12.5. The molecule has 0 atom stereocenters. The molecule has 0 spiro atoms. The van der Waals surface area contributed by atoms with Gasteiger partial charge in [-0.2, -0.15) is 0 Å². The topological polar surface area (TPSA) is 93.3 Å². The fourth-order valence-corrected chi connectivity index (χ4v) is 3.94. The number of furan rings is 1. The van der Waals surface area contributed by atoms with Gasteiger partial charge in [-0.1, -0.05) is 17.8 Å². The normalized spacial score (nSPS) is 10.8. The molecule has 3 aromatic rings. The molecule has 0 bridgehead atoms. The van der Waals surface area contributed by atoms with Gasteiger partial charge >= 0.3 is 0 Å². The number of rotatable bonds is 9. The number of amides is 2. The summed E-state index contributed by atoms with van der Waals surface area (Å²) < 4.78 is 7.12. The zero-order chi connectivity index (χ0) is 19.9. The molecule has 0 aliphatic rings. The number of hydrogen-bond acceptors (Lipinski definition) is 7. The van der Waals surface area contributed by atoms with Crippen molar-refractivity contribution in [2.75, 3.05) is 18.8 Å². The van der Waals surface area contributed by atoms with Crippen LogP contribution in [-0.4, -0.2) is 50.3 Å². The Bertz CT molecular complexity index is 906. The Morgan fingerprint density at radius 3 is 2.86 bits per heavy atom. The minimum atomic E-state index is -0.174. The van der Waals surface area contributed by atoms with Gasteiger partial charge in [-0.3, -0.25) is 9.59 Å². The summed E-state index contributed by atoms with van der Waals surface area (Å²) in [6, 6.07) is 7.48. The first kappa shape index (κ1) is 20.2. The van der Waals surface area contributed by atoms with E-state index in [0.717, 1.165) is 4.88 Å². The molecule has 10 heteroatoms. The average molecular weight is 420 g/mol. The van der Waals surface area contributed by atoms with Crippen LogP contribution in [0.4, 0.5) is 0 Å². The van der Waals surface area contributed by atoms with Crippen LogP contribution in [-0.2, 0) is 23.2 Å². The molecule has 0 unspecified atom stereocenters.